The molecule has 0 spiro atoms. The van der Waals surface area contributed by atoms with Gasteiger partial charge in [0.05, 0.1) is 6.10 Å². The standard InChI is InChI=1S/C9H12O3S/c1-6(10)2-3-7-4-5-8(13-7)9(11)12/h4-6,10H,2-3H2,1H3,(H,11,12). The lowest BCUT2D eigenvalue weighted by Gasteiger charge is -2.00. The molecule has 0 saturated carbocycles. The highest BCUT2D eigenvalue weighted by atomic mass is 32.1. The number of aliphatic hydroxyl groups excluding tert-OH is 1. The first-order valence-corrected chi connectivity index (χ1v) is 4.91. The minimum absolute atomic E-state index is 0.324. The summed E-state index contributed by atoms with van der Waals surface area (Å²) in [6.45, 7) is 1.73. The Labute approximate surface area is 80.6 Å². The van der Waals surface area contributed by atoms with E-state index in [9.17, 15) is 4.79 Å². The second-order valence-electron chi connectivity index (χ2n) is 2.96. The zero-order chi connectivity index (χ0) is 9.84. The summed E-state index contributed by atoms with van der Waals surface area (Å²) >= 11 is 1.27. The van der Waals surface area contributed by atoms with Gasteiger partial charge in [-0.1, -0.05) is 0 Å². The van der Waals surface area contributed by atoms with Gasteiger partial charge in [0.25, 0.3) is 0 Å². The molecule has 1 aromatic heterocycles. The monoisotopic (exact) mass is 200 g/mol. The summed E-state index contributed by atoms with van der Waals surface area (Å²) in [7, 11) is 0. The fourth-order valence-corrected chi connectivity index (χ4v) is 1.84. The molecule has 2 N–H and O–H groups in total. The second kappa shape index (κ2) is 4.39. The summed E-state index contributed by atoms with van der Waals surface area (Å²) in [5.74, 6) is -0.881. The van der Waals surface area contributed by atoms with Crippen LogP contribution >= 0.6 is 11.3 Å². The summed E-state index contributed by atoms with van der Waals surface area (Å²) in [4.78, 5) is 11.9. The molecule has 13 heavy (non-hydrogen) atoms. The minimum atomic E-state index is -0.881. The van der Waals surface area contributed by atoms with Crippen molar-refractivity contribution >= 4 is 17.3 Å². The molecule has 1 unspecified atom stereocenters. The van der Waals surface area contributed by atoms with E-state index in [1.165, 1.54) is 11.3 Å². The van der Waals surface area contributed by atoms with Crippen LogP contribution in [0.4, 0.5) is 0 Å². The van der Waals surface area contributed by atoms with E-state index in [4.69, 9.17) is 10.2 Å². The maximum atomic E-state index is 10.5. The molecule has 1 rings (SSSR count). The summed E-state index contributed by atoms with van der Waals surface area (Å²) in [5.41, 5.74) is 0. The van der Waals surface area contributed by atoms with E-state index in [1.807, 2.05) is 0 Å². The van der Waals surface area contributed by atoms with Gasteiger partial charge in [0, 0.05) is 4.88 Å². The number of rotatable bonds is 4. The molecule has 0 saturated heterocycles. The van der Waals surface area contributed by atoms with Crippen LogP contribution in [0.15, 0.2) is 12.1 Å². The van der Waals surface area contributed by atoms with Gasteiger partial charge in [-0.25, -0.2) is 4.79 Å². The quantitative estimate of drug-likeness (QED) is 0.778. The minimum Gasteiger partial charge on any atom is -0.477 e. The molecule has 72 valence electrons. The first-order chi connectivity index (χ1) is 6.09. The number of aromatic carboxylic acids is 1. The molecular weight excluding hydrogens is 188 g/mol. The highest BCUT2D eigenvalue weighted by molar-refractivity contribution is 7.13. The van der Waals surface area contributed by atoms with Crippen molar-refractivity contribution in [3.05, 3.63) is 21.9 Å². The second-order valence-corrected chi connectivity index (χ2v) is 4.13. The Morgan fingerprint density at radius 2 is 2.31 bits per heavy atom. The van der Waals surface area contributed by atoms with Crippen LogP contribution in [0, 0.1) is 0 Å². The smallest absolute Gasteiger partial charge is 0.345 e. The van der Waals surface area contributed by atoms with Gasteiger partial charge in [-0.3, -0.25) is 0 Å². The van der Waals surface area contributed by atoms with E-state index >= 15 is 0 Å². The van der Waals surface area contributed by atoms with Crippen LogP contribution in [0.1, 0.15) is 27.9 Å². The van der Waals surface area contributed by atoms with E-state index in [0.717, 1.165) is 11.3 Å². The molecule has 1 heterocycles. The summed E-state index contributed by atoms with van der Waals surface area (Å²) in [5, 5.41) is 17.7. The van der Waals surface area contributed by atoms with Crippen LogP contribution in [0.5, 0.6) is 0 Å². The third kappa shape index (κ3) is 3.16. The van der Waals surface area contributed by atoms with Gasteiger partial charge in [0.15, 0.2) is 0 Å². The largest absolute Gasteiger partial charge is 0.477 e. The first-order valence-electron chi connectivity index (χ1n) is 4.09. The summed E-state index contributed by atoms with van der Waals surface area (Å²) in [6.07, 6.45) is 1.10. The number of thiophene rings is 1. The first kappa shape index (κ1) is 10.2. The maximum Gasteiger partial charge on any atom is 0.345 e. The Morgan fingerprint density at radius 3 is 2.77 bits per heavy atom. The Hall–Kier alpha value is -0.870. The molecule has 3 nitrogen and oxygen atoms in total. The normalized spacial score (nSPS) is 12.8. The summed E-state index contributed by atoms with van der Waals surface area (Å²) in [6, 6.07) is 3.40. The van der Waals surface area contributed by atoms with Crippen LogP contribution in [-0.2, 0) is 6.42 Å². The zero-order valence-corrected chi connectivity index (χ0v) is 8.17. The van der Waals surface area contributed by atoms with Gasteiger partial charge in [-0.05, 0) is 31.9 Å². The molecule has 0 aliphatic carbocycles. The lowest BCUT2D eigenvalue weighted by Crippen LogP contribution is -2.00. The average molecular weight is 200 g/mol. The Balaban J connectivity index is 2.54. The highest BCUT2D eigenvalue weighted by Crippen LogP contribution is 2.18. The number of carboxylic acids is 1. The molecule has 0 amide bonds. The van der Waals surface area contributed by atoms with Crippen LogP contribution in [-0.4, -0.2) is 22.3 Å². The SMILES string of the molecule is CC(O)CCc1ccc(C(=O)O)s1. The summed E-state index contributed by atoms with van der Waals surface area (Å²) < 4.78 is 0. The fraction of sp³-hybridized carbons (Fsp3) is 0.444. The van der Waals surface area contributed by atoms with Gasteiger partial charge in [0.2, 0.25) is 0 Å². The Bertz CT molecular complexity index is 291. The van der Waals surface area contributed by atoms with Crippen LogP contribution in [0.2, 0.25) is 0 Å². The van der Waals surface area contributed by atoms with Crippen molar-refractivity contribution in [2.24, 2.45) is 0 Å². The van der Waals surface area contributed by atoms with Gasteiger partial charge in [-0.2, -0.15) is 0 Å². The molecule has 1 aromatic rings. The molecule has 0 fully saturated rings. The van der Waals surface area contributed by atoms with E-state index in [0.29, 0.717) is 11.3 Å². The zero-order valence-electron chi connectivity index (χ0n) is 7.36. The molecular formula is C9H12O3S. The maximum absolute atomic E-state index is 10.5. The van der Waals surface area contributed by atoms with E-state index in [2.05, 4.69) is 0 Å². The van der Waals surface area contributed by atoms with Crippen molar-refractivity contribution in [1.82, 2.24) is 0 Å². The lowest BCUT2D eigenvalue weighted by molar-refractivity contribution is 0.0702. The number of hydrogen-bond acceptors (Lipinski definition) is 3. The van der Waals surface area contributed by atoms with E-state index < -0.39 is 5.97 Å². The lowest BCUT2D eigenvalue weighted by atomic mass is 10.2. The van der Waals surface area contributed by atoms with Crippen molar-refractivity contribution in [3.63, 3.8) is 0 Å². The number of aryl methyl sites for hydroxylation is 1. The topological polar surface area (TPSA) is 57.5 Å². The third-order valence-electron chi connectivity index (χ3n) is 1.68. The molecule has 0 bridgehead atoms. The molecule has 0 aromatic carbocycles. The number of hydrogen-bond donors (Lipinski definition) is 2. The number of carboxylic acid groups (broad SMARTS) is 1. The van der Waals surface area contributed by atoms with Gasteiger partial charge >= 0.3 is 5.97 Å². The Morgan fingerprint density at radius 1 is 1.62 bits per heavy atom. The van der Waals surface area contributed by atoms with E-state index in [1.54, 1.807) is 19.1 Å². The fourth-order valence-electron chi connectivity index (χ4n) is 0.978. The van der Waals surface area contributed by atoms with Crippen LogP contribution in [0.3, 0.4) is 0 Å². The Kier molecular flexibility index (Phi) is 3.45. The molecule has 0 radical (unpaired) electrons. The van der Waals surface area contributed by atoms with Crippen molar-refractivity contribution in [3.8, 4) is 0 Å². The molecule has 0 aliphatic heterocycles. The van der Waals surface area contributed by atoms with E-state index in [-0.39, 0.29) is 6.10 Å². The number of carbonyl (C=O) groups is 1. The van der Waals surface area contributed by atoms with Crippen LogP contribution < -0.4 is 0 Å². The van der Waals surface area contributed by atoms with Crippen molar-refractivity contribution < 1.29 is 15.0 Å². The van der Waals surface area contributed by atoms with Gasteiger partial charge in [-0.15, -0.1) is 11.3 Å². The predicted molar refractivity (Wildman–Crippen MR) is 51.3 cm³/mol. The molecule has 4 heteroatoms. The van der Waals surface area contributed by atoms with Gasteiger partial charge < -0.3 is 10.2 Å². The highest BCUT2D eigenvalue weighted by Gasteiger charge is 2.07. The number of aliphatic hydroxyl groups is 1. The molecule has 1 atom stereocenters. The van der Waals surface area contributed by atoms with Crippen LogP contribution in [0.25, 0.3) is 0 Å². The predicted octanol–water partition coefficient (Wildman–Crippen LogP) is 1.76. The van der Waals surface area contributed by atoms with Crippen molar-refractivity contribution in [1.29, 1.82) is 0 Å². The van der Waals surface area contributed by atoms with Crippen molar-refractivity contribution in [2.45, 2.75) is 25.9 Å². The molecule has 0 aliphatic rings. The average Bonchev–Trinajstić information content (AvgIpc) is 2.48. The van der Waals surface area contributed by atoms with Crippen molar-refractivity contribution in [2.75, 3.05) is 0 Å². The van der Waals surface area contributed by atoms with Gasteiger partial charge in [0.1, 0.15) is 4.88 Å². The third-order valence-corrected chi connectivity index (χ3v) is 2.81.